The van der Waals surface area contributed by atoms with Crippen LogP contribution in [-0.4, -0.2) is 28.4 Å². The molecular formula is C18H17N3O3S. The van der Waals surface area contributed by atoms with Gasteiger partial charge in [-0.3, -0.25) is 4.79 Å². The molecule has 3 rings (SSSR count). The van der Waals surface area contributed by atoms with Crippen molar-refractivity contribution < 1.29 is 14.6 Å². The summed E-state index contributed by atoms with van der Waals surface area (Å²) in [7, 11) is 0. The molecule has 128 valence electrons. The molecule has 1 unspecified atom stereocenters. The van der Waals surface area contributed by atoms with Crippen LogP contribution in [0.25, 0.3) is 0 Å². The van der Waals surface area contributed by atoms with E-state index in [0.29, 0.717) is 17.9 Å². The molecule has 1 atom stereocenters. The summed E-state index contributed by atoms with van der Waals surface area (Å²) in [5.41, 5.74) is 2.05. The molecule has 6 nitrogen and oxygen atoms in total. The summed E-state index contributed by atoms with van der Waals surface area (Å²) in [5, 5.41) is 24.7. The van der Waals surface area contributed by atoms with E-state index >= 15 is 0 Å². The van der Waals surface area contributed by atoms with Gasteiger partial charge in [0.25, 0.3) is 0 Å². The predicted octanol–water partition coefficient (Wildman–Crippen LogP) is 3.34. The first-order valence-corrected chi connectivity index (χ1v) is 8.73. The summed E-state index contributed by atoms with van der Waals surface area (Å²) in [4.78, 5) is 10.5. The SMILES string of the molecule is N#Cc1ccc2c(c1)NC(CC(=O)O)(SCCOc1ccccc1)N2. The second-order valence-corrected chi connectivity index (χ2v) is 6.92. The highest BCUT2D eigenvalue weighted by molar-refractivity contribution is 8.00. The number of para-hydroxylation sites is 1. The zero-order chi connectivity index (χ0) is 17.7. The number of hydrogen-bond donors (Lipinski definition) is 3. The summed E-state index contributed by atoms with van der Waals surface area (Å²) < 4.78 is 5.66. The van der Waals surface area contributed by atoms with Gasteiger partial charge in [0, 0.05) is 5.75 Å². The molecule has 0 aliphatic carbocycles. The van der Waals surface area contributed by atoms with Crippen molar-refractivity contribution in [3.8, 4) is 11.8 Å². The standard InChI is InChI=1S/C18H17N3O3S/c19-12-13-6-7-15-16(10-13)21-18(20-15,11-17(22)23)25-9-8-24-14-4-2-1-3-5-14/h1-7,10,20-21H,8-9,11H2,(H,22,23). The zero-order valence-electron chi connectivity index (χ0n) is 13.4. The van der Waals surface area contributed by atoms with Gasteiger partial charge in [0.15, 0.2) is 4.99 Å². The normalized spacial score (nSPS) is 17.7. The average Bonchev–Trinajstić information content (AvgIpc) is 2.96. The van der Waals surface area contributed by atoms with E-state index in [0.717, 1.165) is 17.1 Å². The molecule has 0 bridgehead atoms. The Hall–Kier alpha value is -2.85. The van der Waals surface area contributed by atoms with Crippen molar-refractivity contribution in [2.75, 3.05) is 23.0 Å². The summed E-state index contributed by atoms with van der Waals surface area (Å²) in [6.07, 6.45) is -0.112. The lowest BCUT2D eigenvalue weighted by atomic mass is 10.2. The Morgan fingerprint density at radius 3 is 2.68 bits per heavy atom. The van der Waals surface area contributed by atoms with Crippen LogP contribution in [0.3, 0.4) is 0 Å². The van der Waals surface area contributed by atoms with E-state index in [4.69, 9.17) is 10.00 Å². The van der Waals surface area contributed by atoms with Gasteiger partial charge in [-0.25, -0.2) is 0 Å². The van der Waals surface area contributed by atoms with Gasteiger partial charge in [-0.1, -0.05) is 18.2 Å². The number of fused-ring (bicyclic) bond motifs is 1. The van der Waals surface area contributed by atoms with Crippen molar-refractivity contribution in [1.82, 2.24) is 0 Å². The maximum absolute atomic E-state index is 11.3. The van der Waals surface area contributed by atoms with Crippen LogP contribution in [0.4, 0.5) is 11.4 Å². The fourth-order valence-electron chi connectivity index (χ4n) is 2.61. The van der Waals surface area contributed by atoms with Gasteiger partial charge in [-0.2, -0.15) is 5.26 Å². The van der Waals surface area contributed by atoms with E-state index in [1.54, 1.807) is 18.2 Å². The van der Waals surface area contributed by atoms with Crippen molar-refractivity contribution in [1.29, 1.82) is 5.26 Å². The molecule has 0 saturated heterocycles. The molecule has 1 aliphatic heterocycles. The first-order valence-electron chi connectivity index (χ1n) is 7.74. The molecular weight excluding hydrogens is 338 g/mol. The summed E-state index contributed by atoms with van der Waals surface area (Å²) in [6.45, 7) is 0.458. The Bertz CT molecular complexity index is 807. The third kappa shape index (κ3) is 4.17. The lowest BCUT2D eigenvalue weighted by molar-refractivity contribution is -0.137. The number of carbonyl (C=O) groups is 1. The van der Waals surface area contributed by atoms with Crippen LogP contribution in [0.15, 0.2) is 48.5 Å². The number of nitriles is 1. The zero-order valence-corrected chi connectivity index (χ0v) is 14.2. The number of aliphatic carboxylic acids is 1. The summed E-state index contributed by atoms with van der Waals surface area (Å²) in [6, 6.07) is 16.8. The van der Waals surface area contributed by atoms with Crippen molar-refractivity contribution in [2.45, 2.75) is 11.4 Å². The summed E-state index contributed by atoms with van der Waals surface area (Å²) in [5.74, 6) is 0.468. The Morgan fingerprint density at radius 2 is 1.96 bits per heavy atom. The van der Waals surface area contributed by atoms with Crippen LogP contribution in [0.2, 0.25) is 0 Å². The van der Waals surface area contributed by atoms with Crippen LogP contribution in [0.5, 0.6) is 5.75 Å². The summed E-state index contributed by atoms with van der Waals surface area (Å²) >= 11 is 1.44. The van der Waals surface area contributed by atoms with Crippen LogP contribution >= 0.6 is 11.8 Å². The van der Waals surface area contributed by atoms with Crippen LogP contribution in [-0.2, 0) is 4.79 Å². The number of rotatable bonds is 7. The van der Waals surface area contributed by atoms with Crippen LogP contribution in [0.1, 0.15) is 12.0 Å². The molecule has 1 aliphatic rings. The molecule has 3 N–H and O–H groups in total. The van der Waals surface area contributed by atoms with E-state index in [2.05, 4.69) is 16.7 Å². The number of thioether (sulfide) groups is 1. The average molecular weight is 355 g/mol. The monoisotopic (exact) mass is 355 g/mol. The highest BCUT2D eigenvalue weighted by Gasteiger charge is 2.39. The molecule has 0 saturated carbocycles. The molecule has 7 heteroatoms. The minimum absolute atomic E-state index is 0.112. The topological polar surface area (TPSA) is 94.4 Å². The van der Waals surface area contributed by atoms with E-state index in [1.165, 1.54) is 11.8 Å². The number of carboxylic acid groups (broad SMARTS) is 1. The van der Waals surface area contributed by atoms with Gasteiger partial charge in [0.1, 0.15) is 5.75 Å². The van der Waals surface area contributed by atoms with Crippen molar-refractivity contribution in [3.63, 3.8) is 0 Å². The minimum Gasteiger partial charge on any atom is -0.493 e. The van der Waals surface area contributed by atoms with Crippen molar-refractivity contribution in [3.05, 3.63) is 54.1 Å². The Balaban J connectivity index is 1.64. The van der Waals surface area contributed by atoms with Gasteiger partial charge in [-0.15, -0.1) is 11.8 Å². The molecule has 1 heterocycles. The molecule has 0 radical (unpaired) electrons. The molecule has 0 fully saturated rings. The van der Waals surface area contributed by atoms with Gasteiger partial charge in [0.2, 0.25) is 0 Å². The smallest absolute Gasteiger partial charge is 0.308 e. The minimum atomic E-state index is -0.912. The van der Waals surface area contributed by atoms with Gasteiger partial charge >= 0.3 is 5.97 Å². The molecule has 0 amide bonds. The second-order valence-electron chi connectivity index (χ2n) is 5.53. The Labute approximate surface area is 149 Å². The first-order chi connectivity index (χ1) is 12.1. The molecule has 0 spiro atoms. The molecule has 0 aromatic heterocycles. The fourth-order valence-corrected chi connectivity index (χ4v) is 3.71. The van der Waals surface area contributed by atoms with Crippen LogP contribution < -0.4 is 15.4 Å². The van der Waals surface area contributed by atoms with E-state index in [9.17, 15) is 9.90 Å². The lowest BCUT2D eigenvalue weighted by Crippen LogP contribution is -2.41. The second kappa shape index (κ2) is 7.36. The largest absolute Gasteiger partial charge is 0.493 e. The maximum atomic E-state index is 11.3. The number of anilines is 2. The maximum Gasteiger partial charge on any atom is 0.308 e. The number of nitrogens with one attached hydrogen (secondary N) is 2. The van der Waals surface area contributed by atoms with E-state index in [-0.39, 0.29) is 6.42 Å². The van der Waals surface area contributed by atoms with E-state index < -0.39 is 11.0 Å². The Kier molecular flexibility index (Phi) is 5.00. The number of nitrogens with zero attached hydrogens (tertiary/aromatic N) is 1. The highest BCUT2D eigenvalue weighted by Crippen LogP contribution is 2.42. The van der Waals surface area contributed by atoms with Crippen LogP contribution in [0, 0.1) is 11.3 Å². The number of ether oxygens (including phenoxy) is 1. The molecule has 2 aromatic rings. The highest BCUT2D eigenvalue weighted by atomic mass is 32.2. The Morgan fingerprint density at radius 1 is 1.20 bits per heavy atom. The third-order valence-electron chi connectivity index (χ3n) is 3.67. The predicted molar refractivity (Wildman–Crippen MR) is 97.8 cm³/mol. The number of hydrogen-bond acceptors (Lipinski definition) is 6. The van der Waals surface area contributed by atoms with Gasteiger partial charge in [-0.05, 0) is 30.3 Å². The van der Waals surface area contributed by atoms with Gasteiger partial charge < -0.3 is 20.5 Å². The van der Waals surface area contributed by atoms with Gasteiger partial charge in [0.05, 0.1) is 36.0 Å². The fraction of sp³-hybridized carbons (Fsp3) is 0.222. The first kappa shape index (κ1) is 17.0. The lowest BCUT2D eigenvalue weighted by Gasteiger charge is -2.28. The molecule has 2 aromatic carbocycles. The molecule has 25 heavy (non-hydrogen) atoms. The van der Waals surface area contributed by atoms with E-state index in [1.807, 2.05) is 30.3 Å². The van der Waals surface area contributed by atoms with Crippen molar-refractivity contribution >= 4 is 29.1 Å². The van der Waals surface area contributed by atoms with Crippen molar-refractivity contribution in [2.24, 2.45) is 0 Å². The number of benzene rings is 2. The third-order valence-corrected chi connectivity index (χ3v) is 4.88. The number of carboxylic acids is 1. The quantitative estimate of drug-likeness (QED) is 0.656.